The zero-order valence-corrected chi connectivity index (χ0v) is 35.9. The molecule has 4 atom stereocenters. The van der Waals surface area contributed by atoms with E-state index in [4.69, 9.17) is 19.4 Å². The van der Waals surface area contributed by atoms with Gasteiger partial charge in [0.25, 0.3) is 0 Å². The summed E-state index contributed by atoms with van der Waals surface area (Å²) >= 11 is 0. The monoisotopic (exact) mass is 860 g/mol. The van der Waals surface area contributed by atoms with Crippen molar-refractivity contribution in [3.05, 3.63) is 71.1 Å². The summed E-state index contributed by atoms with van der Waals surface area (Å²) in [7, 11) is 2.50. The lowest BCUT2D eigenvalue weighted by Gasteiger charge is -2.30. The van der Waals surface area contributed by atoms with Crippen LogP contribution in [0.4, 0.5) is 22.8 Å². The van der Waals surface area contributed by atoms with Crippen LogP contribution in [0.2, 0.25) is 0 Å². The van der Waals surface area contributed by atoms with Crippen molar-refractivity contribution in [1.82, 2.24) is 40.4 Å². The van der Waals surface area contributed by atoms with Crippen LogP contribution >= 0.6 is 0 Å². The van der Waals surface area contributed by atoms with Gasteiger partial charge < -0.3 is 39.9 Å². The zero-order chi connectivity index (χ0) is 44.5. The molecule has 7 rings (SSSR count). The number of H-pyrrole nitrogens is 2. The standard InChI is InChI=1S/C45H55F3N8O6/c1-24(2)35(53-43(59)61-5)41(57)55-21-7-9-33(55)39-50-32(19-20-45(46,47)48)37(51-39)27-13-11-26(12-14-27)28-15-17-30-29(23-28)16-18-31-38(30)52-40(49-31)34-10-8-22-56(34)42(58)36(25(3)4)54-44(60)62-6/h11-15,17,23-25,33-36H,7-10,16,18-22H2,1-6H3,(H,49,52)(H,50,51)(H,53,59)(H,54,60)/t33-,34-,35-,36-/m0/s1. The first kappa shape index (κ1) is 44.2. The van der Waals surface area contributed by atoms with Gasteiger partial charge >= 0.3 is 18.4 Å². The molecule has 4 amide bonds. The number of amides is 4. The highest BCUT2D eigenvalue weighted by atomic mass is 19.4. The SMILES string of the molecule is COC(=O)N[C@H](C(=O)N1CCC[C@H]1c1nc2c([nH]1)CCc1cc(-c3ccc(-c4[nH]c([C@@H]5CCCN5C(=O)[C@@H](NC(=O)OC)C(C)C)nc4CCC(F)(F)F)cc3)ccc1-2)C(C)C. The molecule has 0 spiro atoms. The first-order chi connectivity index (χ1) is 29.6. The van der Waals surface area contributed by atoms with Gasteiger partial charge in [0.05, 0.1) is 43.4 Å². The van der Waals surface area contributed by atoms with Gasteiger partial charge in [0.1, 0.15) is 23.7 Å². The Balaban J connectivity index is 1.11. The third kappa shape index (κ3) is 9.31. The van der Waals surface area contributed by atoms with Crippen LogP contribution in [-0.4, -0.2) is 99.3 Å². The summed E-state index contributed by atoms with van der Waals surface area (Å²) in [5.74, 6) is 0.288. The molecule has 4 aromatic rings. The minimum Gasteiger partial charge on any atom is -0.453 e. The molecule has 332 valence electrons. The number of alkyl carbamates (subject to hydrolysis) is 2. The van der Waals surface area contributed by atoms with Crippen LogP contribution in [0.5, 0.6) is 0 Å². The molecule has 62 heavy (non-hydrogen) atoms. The molecular weight excluding hydrogens is 806 g/mol. The number of aromatic amines is 2. The smallest absolute Gasteiger partial charge is 0.407 e. The third-order valence-corrected chi connectivity index (χ3v) is 12.2. The fourth-order valence-electron chi connectivity index (χ4n) is 8.94. The van der Waals surface area contributed by atoms with Gasteiger partial charge in [0, 0.05) is 37.2 Å². The number of nitrogens with one attached hydrogen (secondary N) is 4. The number of imidazole rings is 2. The molecule has 2 aromatic heterocycles. The van der Waals surface area contributed by atoms with E-state index in [0.29, 0.717) is 43.0 Å². The van der Waals surface area contributed by atoms with Crippen LogP contribution in [0.3, 0.4) is 0 Å². The van der Waals surface area contributed by atoms with Crippen molar-refractivity contribution in [3.8, 4) is 33.6 Å². The van der Waals surface area contributed by atoms with E-state index in [2.05, 4.69) is 32.7 Å². The molecule has 2 aliphatic heterocycles. The van der Waals surface area contributed by atoms with E-state index >= 15 is 0 Å². The highest BCUT2D eigenvalue weighted by molar-refractivity contribution is 5.87. The highest BCUT2D eigenvalue weighted by Gasteiger charge is 2.40. The number of likely N-dealkylation sites (tertiary alicyclic amines) is 2. The highest BCUT2D eigenvalue weighted by Crippen LogP contribution is 2.40. The van der Waals surface area contributed by atoms with Crippen molar-refractivity contribution in [2.75, 3.05) is 27.3 Å². The fourth-order valence-corrected chi connectivity index (χ4v) is 8.94. The molecule has 2 aromatic carbocycles. The van der Waals surface area contributed by atoms with Crippen LogP contribution in [0, 0.1) is 11.8 Å². The molecule has 14 nitrogen and oxygen atoms in total. The fraction of sp³-hybridized carbons (Fsp3) is 0.511. The molecule has 2 saturated heterocycles. The van der Waals surface area contributed by atoms with Crippen LogP contribution in [0.1, 0.15) is 100 Å². The van der Waals surface area contributed by atoms with Crippen LogP contribution in [0.25, 0.3) is 33.6 Å². The van der Waals surface area contributed by atoms with Gasteiger partial charge in [-0.05, 0) is 72.6 Å². The lowest BCUT2D eigenvalue weighted by atomic mass is 9.89. The number of alkyl halides is 3. The summed E-state index contributed by atoms with van der Waals surface area (Å²) in [6.45, 7) is 8.38. The number of carbonyl (C=O) groups is 4. The summed E-state index contributed by atoms with van der Waals surface area (Å²) in [5, 5.41) is 5.32. The molecule has 1 aliphatic carbocycles. The van der Waals surface area contributed by atoms with Crippen LogP contribution in [0.15, 0.2) is 42.5 Å². The van der Waals surface area contributed by atoms with E-state index in [9.17, 15) is 32.3 Å². The van der Waals surface area contributed by atoms with Crippen molar-refractivity contribution >= 4 is 24.0 Å². The maximum absolute atomic E-state index is 13.8. The average molecular weight is 861 g/mol. The second-order valence-corrected chi connectivity index (χ2v) is 17.1. The van der Waals surface area contributed by atoms with E-state index in [1.165, 1.54) is 14.2 Å². The van der Waals surface area contributed by atoms with Gasteiger partial charge in [0.2, 0.25) is 11.8 Å². The number of benzene rings is 2. The first-order valence-electron chi connectivity index (χ1n) is 21.3. The maximum atomic E-state index is 13.8. The topological polar surface area (TPSA) is 175 Å². The second-order valence-electron chi connectivity index (χ2n) is 17.1. The van der Waals surface area contributed by atoms with Gasteiger partial charge in [0.15, 0.2) is 0 Å². The van der Waals surface area contributed by atoms with Gasteiger partial charge in [-0.1, -0.05) is 70.2 Å². The number of rotatable bonds is 12. The Morgan fingerprint density at radius 1 is 0.758 bits per heavy atom. The number of hydrogen-bond acceptors (Lipinski definition) is 8. The van der Waals surface area contributed by atoms with Crippen molar-refractivity contribution in [2.45, 2.75) is 109 Å². The van der Waals surface area contributed by atoms with E-state index in [-0.39, 0.29) is 41.8 Å². The van der Waals surface area contributed by atoms with Crippen molar-refractivity contribution in [1.29, 1.82) is 0 Å². The largest absolute Gasteiger partial charge is 0.453 e. The summed E-state index contributed by atoms with van der Waals surface area (Å²) < 4.78 is 50.1. The Bertz CT molecular complexity index is 2290. The Hall–Kier alpha value is -5.87. The van der Waals surface area contributed by atoms with E-state index in [1.807, 2.05) is 62.9 Å². The molecule has 3 aliphatic rings. The van der Waals surface area contributed by atoms with Crippen molar-refractivity contribution < 1.29 is 41.8 Å². The lowest BCUT2D eigenvalue weighted by molar-refractivity contribution is -0.136. The van der Waals surface area contributed by atoms with Gasteiger partial charge in [-0.2, -0.15) is 13.2 Å². The molecule has 0 saturated carbocycles. The summed E-state index contributed by atoms with van der Waals surface area (Å²) in [5.41, 5.74) is 7.31. The van der Waals surface area contributed by atoms with E-state index in [1.54, 1.807) is 4.90 Å². The third-order valence-electron chi connectivity index (χ3n) is 12.2. The Kier molecular flexibility index (Phi) is 13.0. The van der Waals surface area contributed by atoms with E-state index < -0.39 is 42.9 Å². The lowest BCUT2D eigenvalue weighted by Crippen LogP contribution is -2.51. The summed E-state index contributed by atoms with van der Waals surface area (Å²) in [6, 6.07) is 11.5. The molecule has 2 fully saturated rings. The minimum atomic E-state index is -4.39. The molecule has 17 heteroatoms. The predicted octanol–water partition coefficient (Wildman–Crippen LogP) is 7.82. The first-order valence-corrected chi connectivity index (χ1v) is 21.3. The number of ether oxygens (including phenoxy) is 2. The maximum Gasteiger partial charge on any atom is 0.407 e. The molecule has 4 heterocycles. The Morgan fingerprint density at radius 2 is 1.29 bits per heavy atom. The summed E-state index contributed by atoms with van der Waals surface area (Å²) in [6.07, 6.45) is -2.83. The predicted molar refractivity (Wildman–Crippen MR) is 225 cm³/mol. The number of methoxy groups -OCH3 is 2. The minimum absolute atomic E-state index is 0.140. The van der Waals surface area contributed by atoms with Gasteiger partial charge in [-0.15, -0.1) is 0 Å². The number of halogens is 3. The number of carbonyl (C=O) groups excluding carboxylic acids is 4. The van der Waals surface area contributed by atoms with Gasteiger partial charge in [-0.3, -0.25) is 9.59 Å². The molecule has 0 unspecified atom stereocenters. The molecular formula is C45H55F3N8O6. The number of aryl methyl sites for hydroxylation is 3. The van der Waals surface area contributed by atoms with Crippen molar-refractivity contribution in [2.24, 2.45) is 11.8 Å². The average Bonchev–Trinajstić information content (AvgIpc) is 4.08. The Morgan fingerprint density at radius 3 is 1.82 bits per heavy atom. The summed E-state index contributed by atoms with van der Waals surface area (Å²) in [4.78, 5) is 71.6. The number of aromatic nitrogens is 4. The number of hydrogen-bond donors (Lipinski definition) is 4. The second kappa shape index (κ2) is 18.2. The van der Waals surface area contributed by atoms with Gasteiger partial charge in [-0.25, -0.2) is 19.6 Å². The van der Waals surface area contributed by atoms with E-state index in [0.717, 1.165) is 65.1 Å². The van der Waals surface area contributed by atoms with Crippen LogP contribution < -0.4 is 10.6 Å². The number of nitrogens with zero attached hydrogens (tertiary/aromatic N) is 4. The quantitative estimate of drug-likeness (QED) is 0.112. The van der Waals surface area contributed by atoms with Crippen molar-refractivity contribution in [3.63, 3.8) is 0 Å². The van der Waals surface area contributed by atoms with Crippen LogP contribution in [-0.2, 0) is 38.3 Å². The Labute approximate surface area is 358 Å². The zero-order valence-electron chi connectivity index (χ0n) is 35.9. The molecule has 0 radical (unpaired) electrons. The molecule has 0 bridgehead atoms. The normalized spacial score (nSPS) is 18.4. The number of fused-ring (bicyclic) bond motifs is 3. The molecule has 4 N–H and O–H groups in total.